The van der Waals surface area contributed by atoms with E-state index < -0.39 is 0 Å². The lowest BCUT2D eigenvalue weighted by molar-refractivity contribution is -0.113. The van der Waals surface area contributed by atoms with Crippen LogP contribution in [-0.2, 0) is 4.79 Å². The van der Waals surface area contributed by atoms with E-state index in [4.69, 9.17) is 16.9 Å². The highest BCUT2D eigenvalue weighted by Gasteiger charge is 2.15. The summed E-state index contributed by atoms with van der Waals surface area (Å²) in [5.41, 5.74) is 0.984. The highest BCUT2D eigenvalue weighted by Crippen LogP contribution is 2.22. The van der Waals surface area contributed by atoms with Crippen LogP contribution in [0.25, 0.3) is 0 Å². The van der Waals surface area contributed by atoms with Crippen molar-refractivity contribution < 1.29 is 4.79 Å². The van der Waals surface area contributed by atoms with Crippen molar-refractivity contribution in [1.82, 2.24) is 5.32 Å². The Kier molecular flexibility index (Phi) is 5.72. The molecule has 1 saturated heterocycles. The first-order valence-electron chi connectivity index (χ1n) is 6.51. The standard InChI is InChI=1S/C14H16ClN3OS/c15-13-2-1-11(7-10(13)8-16)18-14(19)9-20-12-3-5-17-6-4-12/h1-2,7,12,17H,3-6,9H2,(H,18,19). The van der Waals surface area contributed by atoms with Crippen molar-refractivity contribution in [2.45, 2.75) is 18.1 Å². The van der Waals surface area contributed by atoms with E-state index in [2.05, 4.69) is 10.6 Å². The molecule has 0 bridgehead atoms. The van der Waals surface area contributed by atoms with E-state index in [9.17, 15) is 4.79 Å². The summed E-state index contributed by atoms with van der Waals surface area (Å²) < 4.78 is 0. The number of anilines is 1. The smallest absolute Gasteiger partial charge is 0.234 e. The molecule has 1 aliphatic heterocycles. The number of hydrogen-bond acceptors (Lipinski definition) is 4. The van der Waals surface area contributed by atoms with Crippen molar-refractivity contribution in [3.8, 4) is 6.07 Å². The number of carbonyl (C=O) groups is 1. The Balaban J connectivity index is 1.83. The molecule has 1 heterocycles. The van der Waals surface area contributed by atoms with Gasteiger partial charge in [0.05, 0.1) is 16.3 Å². The topological polar surface area (TPSA) is 64.9 Å². The SMILES string of the molecule is N#Cc1cc(NC(=O)CSC2CCNCC2)ccc1Cl. The minimum absolute atomic E-state index is 0.0419. The fourth-order valence-electron chi connectivity index (χ4n) is 2.04. The van der Waals surface area contributed by atoms with Crippen LogP contribution in [0.3, 0.4) is 0 Å². The van der Waals surface area contributed by atoms with E-state index in [0.717, 1.165) is 25.9 Å². The molecule has 6 heteroatoms. The number of hydrogen-bond donors (Lipinski definition) is 2. The number of rotatable bonds is 4. The Morgan fingerprint density at radius 2 is 2.25 bits per heavy atom. The predicted octanol–water partition coefficient (Wildman–Crippen LogP) is 2.64. The van der Waals surface area contributed by atoms with Crippen molar-refractivity contribution in [1.29, 1.82) is 5.26 Å². The van der Waals surface area contributed by atoms with E-state index in [1.807, 2.05) is 6.07 Å². The summed E-state index contributed by atoms with van der Waals surface area (Å²) >= 11 is 7.55. The van der Waals surface area contributed by atoms with Crippen LogP contribution >= 0.6 is 23.4 Å². The third kappa shape index (κ3) is 4.41. The molecule has 1 fully saturated rings. The predicted molar refractivity (Wildman–Crippen MR) is 83.1 cm³/mol. The molecule has 106 valence electrons. The first-order chi connectivity index (χ1) is 9.69. The van der Waals surface area contributed by atoms with E-state index >= 15 is 0 Å². The Morgan fingerprint density at radius 3 is 2.95 bits per heavy atom. The minimum atomic E-state index is -0.0419. The van der Waals surface area contributed by atoms with Gasteiger partial charge in [-0.1, -0.05) is 11.6 Å². The van der Waals surface area contributed by atoms with Crippen molar-refractivity contribution >= 4 is 35.0 Å². The summed E-state index contributed by atoms with van der Waals surface area (Å²) in [6.07, 6.45) is 2.22. The molecule has 0 spiro atoms. The number of nitriles is 1. The fraction of sp³-hybridized carbons (Fsp3) is 0.429. The third-order valence-electron chi connectivity index (χ3n) is 3.11. The molecule has 2 N–H and O–H groups in total. The molecular weight excluding hydrogens is 294 g/mol. The maximum atomic E-state index is 11.9. The summed E-state index contributed by atoms with van der Waals surface area (Å²) in [6, 6.07) is 6.92. The molecule has 0 radical (unpaired) electrons. The lowest BCUT2D eigenvalue weighted by Crippen LogP contribution is -2.30. The van der Waals surface area contributed by atoms with Crippen LogP contribution in [0.5, 0.6) is 0 Å². The summed E-state index contributed by atoms with van der Waals surface area (Å²) in [6.45, 7) is 2.06. The molecule has 1 aromatic rings. The van der Waals surface area contributed by atoms with Gasteiger partial charge in [-0.15, -0.1) is 11.8 Å². The van der Waals surface area contributed by atoms with Gasteiger partial charge in [-0.05, 0) is 44.1 Å². The molecule has 1 aromatic carbocycles. The number of amides is 1. The number of thioether (sulfide) groups is 1. The summed E-state index contributed by atoms with van der Waals surface area (Å²) in [5, 5.41) is 15.9. The molecule has 4 nitrogen and oxygen atoms in total. The molecule has 0 unspecified atom stereocenters. The van der Waals surface area contributed by atoms with Crippen LogP contribution in [0.15, 0.2) is 18.2 Å². The van der Waals surface area contributed by atoms with Gasteiger partial charge in [-0.25, -0.2) is 0 Å². The first-order valence-corrected chi connectivity index (χ1v) is 7.93. The molecule has 0 aromatic heterocycles. The average molecular weight is 310 g/mol. The van der Waals surface area contributed by atoms with Gasteiger partial charge in [0.15, 0.2) is 0 Å². The van der Waals surface area contributed by atoms with Crippen LogP contribution in [0.4, 0.5) is 5.69 Å². The lowest BCUT2D eigenvalue weighted by atomic mass is 10.2. The molecule has 1 aliphatic rings. The zero-order valence-electron chi connectivity index (χ0n) is 11.0. The number of halogens is 1. The summed E-state index contributed by atoms with van der Waals surface area (Å²) in [4.78, 5) is 11.9. The molecule has 0 saturated carbocycles. The molecule has 20 heavy (non-hydrogen) atoms. The Bertz CT molecular complexity index is 524. The van der Waals surface area contributed by atoms with Crippen LogP contribution in [0, 0.1) is 11.3 Å². The van der Waals surface area contributed by atoms with Gasteiger partial charge in [-0.2, -0.15) is 5.26 Å². The van der Waals surface area contributed by atoms with E-state index in [1.54, 1.807) is 30.0 Å². The number of carbonyl (C=O) groups excluding carboxylic acids is 1. The Morgan fingerprint density at radius 1 is 1.50 bits per heavy atom. The average Bonchev–Trinajstić information content (AvgIpc) is 2.48. The number of piperidine rings is 1. The van der Waals surface area contributed by atoms with Gasteiger partial charge in [-0.3, -0.25) is 4.79 Å². The maximum absolute atomic E-state index is 11.9. The van der Waals surface area contributed by atoms with Gasteiger partial charge in [0.25, 0.3) is 0 Å². The van der Waals surface area contributed by atoms with Crippen LogP contribution in [-0.4, -0.2) is 30.0 Å². The van der Waals surface area contributed by atoms with Crippen LogP contribution in [0.1, 0.15) is 18.4 Å². The van der Waals surface area contributed by atoms with Gasteiger partial charge >= 0.3 is 0 Å². The Labute approximate surface area is 127 Å². The normalized spacial score (nSPS) is 15.6. The summed E-state index contributed by atoms with van der Waals surface area (Å²) in [5.74, 6) is 0.398. The molecule has 0 atom stereocenters. The second kappa shape index (κ2) is 7.53. The molecule has 2 rings (SSSR count). The second-order valence-electron chi connectivity index (χ2n) is 4.61. The van der Waals surface area contributed by atoms with Crippen LogP contribution in [0.2, 0.25) is 5.02 Å². The van der Waals surface area contributed by atoms with Crippen LogP contribution < -0.4 is 10.6 Å². The summed E-state index contributed by atoms with van der Waals surface area (Å²) in [7, 11) is 0. The van der Waals surface area contributed by atoms with Crippen molar-refractivity contribution in [2.24, 2.45) is 0 Å². The monoisotopic (exact) mass is 309 g/mol. The highest BCUT2D eigenvalue weighted by molar-refractivity contribution is 8.00. The lowest BCUT2D eigenvalue weighted by Gasteiger charge is -2.21. The van der Waals surface area contributed by atoms with E-state index in [-0.39, 0.29) is 5.91 Å². The van der Waals surface area contributed by atoms with Gasteiger partial charge < -0.3 is 10.6 Å². The zero-order valence-corrected chi connectivity index (χ0v) is 12.6. The highest BCUT2D eigenvalue weighted by atomic mass is 35.5. The van der Waals surface area contributed by atoms with E-state index in [0.29, 0.717) is 27.3 Å². The second-order valence-corrected chi connectivity index (χ2v) is 6.31. The maximum Gasteiger partial charge on any atom is 0.234 e. The third-order valence-corrected chi connectivity index (χ3v) is 4.81. The minimum Gasteiger partial charge on any atom is -0.325 e. The first kappa shape index (κ1) is 15.2. The van der Waals surface area contributed by atoms with Gasteiger partial charge in [0, 0.05) is 10.9 Å². The quantitative estimate of drug-likeness (QED) is 0.897. The van der Waals surface area contributed by atoms with Crippen molar-refractivity contribution in [3.63, 3.8) is 0 Å². The molecule has 1 amide bonds. The number of benzene rings is 1. The van der Waals surface area contributed by atoms with Gasteiger partial charge in [0.1, 0.15) is 6.07 Å². The number of nitrogens with one attached hydrogen (secondary N) is 2. The molecule has 0 aliphatic carbocycles. The van der Waals surface area contributed by atoms with E-state index in [1.165, 1.54) is 0 Å². The Hall–Kier alpha value is -1.22. The zero-order chi connectivity index (χ0) is 14.4. The van der Waals surface area contributed by atoms with Gasteiger partial charge in [0.2, 0.25) is 5.91 Å². The fourth-order valence-corrected chi connectivity index (χ4v) is 3.23. The molecular formula is C14H16ClN3OS. The number of nitrogens with zero attached hydrogens (tertiary/aromatic N) is 1. The largest absolute Gasteiger partial charge is 0.325 e. The van der Waals surface area contributed by atoms with Crippen molar-refractivity contribution in [2.75, 3.05) is 24.2 Å². The van der Waals surface area contributed by atoms with Crippen molar-refractivity contribution in [3.05, 3.63) is 28.8 Å².